The molecule has 15 heteroatoms. The van der Waals surface area contributed by atoms with Crippen molar-refractivity contribution >= 4 is 34.4 Å². The molecule has 0 fully saturated rings. The summed E-state index contributed by atoms with van der Waals surface area (Å²) in [7, 11) is 0.208. The van der Waals surface area contributed by atoms with Gasteiger partial charge in [0.05, 0.1) is 25.7 Å². The number of nitrogens with one attached hydrogen (secondary N) is 2. The first-order valence-corrected chi connectivity index (χ1v) is 13.3. The largest absolute Gasteiger partial charge is 0.494 e. The summed E-state index contributed by atoms with van der Waals surface area (Å²) in [5, 5.41) is 9.69. The van der Waals surface area contributed by atoms with Gasteiger partial charge in [0.25, 0.3) is 5.91 Å². The van der Waals surface area contributed by atoms with Crippen LogP contribution in [-0.4, -0.2) is 73.1 Å². The molecule has 2 heterocycles. The maximum absolute atomic E-state index is 13.4. The molecule has 0 aliphatic rings. The van der Waals surface area contributed by atoms with Crippen molar-refractivity contribution in [1.29, 1.82) is 0 Å². The van der Waals surface area contributed by atoms with Gasteiger partial charge in [0.1, 0.15) is 40.2 Å². The number of carbonyl (C=O) groups is 1. The monoisotopic (exact) mass is 572 g/mol. The third-order valence-electron chi connectivity index (χ3n) is 5.53. The van der Waals surface area contributed by atoms with Crippen molar-refractivity contribution in [3.63, 3.8) is 0 Å². The molecular formula is C25H29FN8O5S. The van der Waals surface area contributed by atoms with Crippen LogP contribution < -0.4 is 19.5 Å². The number of allylic oxidation sites excluding steroid dienone is 1. The Hall–Kier alpha value is -4.66. The number of benzene rings is 1. The number of ether oxygens (including phenoxy) is 2. The number of amides is 1. The highest BCUT2D eigenvalue weighted by Crippen LogP contribution is 2.37. The first kappa shape index (κ1) is 29.9. The molecule has 0 aliphatic heterocycles. The van der Waals surface area contributed by atoms with E-state index in [0.717, 1.165) is 6.20 Å². The number of anilines is 1. The van der Waals surface area contributed by atoms with Crippen LogP contribution in [0.1, 0.15) is 30.8 Å². The minimum absolute atomic E-state index is 0.0265. The molecule has 0 radical (unpaired) electrons. The molecule has 13 nitrogen and oxygen atoms in total. The molecule has 0 spiro atoms. The summed E-state index contributed by atoms with van der Waals surface area (Å²) < 4.78 is 54.8. The molecule has 1 atom stereocenters. The second-order valence-electron chi connectivity index (χ2n) is 8.26. The summed E-state index contributed by atoms with van der Waals surface area (Å²) in [4.78, 5) is 24.1. The van der Waals surface area contributed by atoms with E-state index in [0.29, 0.717) is 11.5 Å². The molecule has 0 saturated carbocycles. The van der Waals surface area contributed by atoms with Crippen LogP contribution in [0.3, 0.4) is 0 Å². The number of para-hydroxylation sites is 1. The number of hydrogen-bond acceptors (Lipinski definition) is 9. The molecule has 0 saturated heterocycles. The zero-order chi connectivity index (χ0) is 29.4. The third-order valence-corrected chi connectivity index (χ3v) is 7.23. The number of carbonyl (C=O) groups excluding carboxylic acids is 1. The standard InChI is InChI=1S/C25H29FN8O5S/c1-15(26)14-29-21(27-3)13-16(2)40(36,37)33-25-32-31-23(17-9-7-10-18(30-17)24(35)28-4)34(25)22-19(38-5)11-8-12-20(22)39-6/h7-12,14,16H,3,13H2,1-2,4-6H3,(H,28,35)(H,32,33)/b15-14+,29-21?/t16-/m0/s1. The second-order valence-corrected chi connectivity index (χ2v) is 10.4. The van der Waals surface area contributed by atoms with Crippen LogP contribution >= 0.6 is 0 Å². The lowest BCUT2D eigenvalue weighted by molar-refractivity contribution is 0.0958. The number of methoxy groups -OCH3 is 2. The maximum atomic E-state index is 13.4. The summed E-state index contributed by atoms with van der Waals surface area (Å²) in [6, 6.07) is 9.71. The molecule has 0 bridgehead atoms. The van der Waals surface area contributed by atoms with Crippen molar-refractivity contribution in [3.8, 4) is 28.7 Å². The molecule has 40 heavy (non-hydrogen) atoms. The van der Waals surface area contributed by atoms with Crippen LogP contribution in [0.2, 0.25) is 0 Å². The number of amidine groups is 1. The summed E-state index contributed by atoms with van der Waals surface area (Å²) in [6.45, 7) is 6.00. The quantitative estimate of drug-likeness (QED) is 0.262. The highest BCUT2D eigenvalue weighted by atomic mass is 32.2. The van der Waals surface area contributed by atoms with Crippen molar-refractivity contribution in [3.05, 3.63) is 54.1 Å². The number of nitrogens with zero attached hydrogens (tertiary/aromatic N) is 6. The van der Waals surface area contributed by atoms with Crippen molar-refractivity contribution in [2.24, 2.45) is 9.98 Å². The van der Waals surface area contributed by atoms with Gasteiger partial charge >= 0.3 is 0 Å². The summed E-state index contributed by atoms with van der Waals surface area (Å²) in [6.07, 6.45) is 0.755. The Morgan fingerprint density at radius 2 is 1.82 bits per heavy atom. The van der Waals surface area contributed by atoms with Crippen LogP contribution in [-0.2, 0) is 10.0 Å². The average molecular weight is 573 g/mol. The minimum Gasteiger partial charge on any atom is -0.494 e. The first-order valence-electron chi connectivity index (χ1n) is 11.8. The van der Waals surface area contributed by atoms with Crippen LogP contribution in [0.15, 0.2) is 58.4 Å². The lowest BCUT2D eigenvalue weighted by Gasteiger charge is -2.19. The Kier molecular flexibility index (Phi) is 9.66. The highest BCUT2D eigenvalue weighted by molar-refractivity contribution is 7.93. The van der Waals surface area contributed by atoms with E-state index in [-0.39, 0.29) is 41.1 Å². The number of sulfonamides is 1. The van der Waals surface area contributed by atoms with Crippen molar-refractivity contribution < 1.29 is 27.1 Å². The lowest BCUT2D eigenvalue weighted by Crippen LogP contribution is -2.28. The van der Waals surface area contributed by atoms with Gasteiger partial charge in [0.15, 0.2) is 5.82 Å². The van der Waals surface area contributed by atoms with Gasteiger partial charge in [-0.1, -0.05) is 12.1 Å². The van der Waals surface area contributed by atoms with E-state index < -0.39 is 27.0 Å². The number of rotatable bonds is 11. The second kappa shape index (κ2) is 12.9. The normalized spacial score (nSPS) is 12.9. The zero-order valence-electron chi connectivity index (χ0n) is 22.5. The van der Waals surface area contributed by atoms with E-state index in [2.05, 4.69) is 41.9 Å². The van der Waals surface area contributed by atoms with Gasteiger partial charge in [-0.15, -0.1) is 10.2 Å². The van der Waals surface area contributed by atoms with Gasteiger partial charge in [0.2, 0.25) is 16.0 Å². The van der Waals surface area contributed by atoms with Gasteiger partial charge in [-0.2, -0.15) is 0 Å². The minimum atomic E-state index is -4.14. The van der Waals surface area contributed by atoms with E-state index in [1.54, 1.807) is 30.3 Å². The molecule has 0 unspecified atom stereocenters. The van der Waals surface area contributed by atoms with Crippen LogP contribution in [0.4, 0.5) is 10.3 Å². The fraction of sp³-hybridized carbons (Fsp3) is 0.280. The Bertz CT molecular complexity index is 1540. The predicted molar refractivity (Wildman–Crippen MR) is 150 cm³/mol. The number of aromatic nitrogens is 4. The summed E-state index contributed by atoms with van der Waals surface area (Å²) >= 11 is 0. The molecule has 2 N–H and O–H groups in total. The fourth-order valence-electron chi connectivity index (χ4n) is 3.51. The van der Waals surface area contributed by atoms with Gasteiger partial charge in [0, 0.05) is 13.5 Å². The van der Waals surface area contributed by atoms with Crippen LogP contribution in [0.5, 0.6) is 11.5 Å². The average Bonchev–Trinajstić information content (AvgIpc) is 3.36. The molecular weight excluding hydrogens is 543 g/mol. The Labute approximate surface area is 230 Å². The Morgan fingerprint density at radius 1 is 1.18 bits per heavy atom. The summed E-state index contributed by atoms with van der Waals surface area (Å²) in [5.41, 5.74) is 0.612. The smallest absolute Gasteiger partial charge is 0.269 e. The number of halogens is 1. The Morgan fingerprint density at radius 3 is 2.40 bits per heavy atom. The summed E-state index contributed by atoms with van der Waals surface area (Å²) in [5.74, 6) is -0.457. The SMILES string of the molecule is C=NC(C[C@H](C)S(=O)(=O)Nc1nnc(-c2cccc(C(=O)NC)n2)n1-c1c(OC)cccc1OC)=N/C=C(\C)F. The van der Waals surface area contributed by atoms with Crippen LogP contribution in [0.25, 0.3) is 17.2 Å². The van der Waals surface area contributed by atoms with E-state index in [1.165, 1.54) is 45.7 Å². The molecule has 3 aromatic rings. The van der Waals surface area contributed by atoms with Crippen LogP contribution in [0, 0.1) is 0 Å². The molecule has 1 amide bonds. The molecule has 1 aromatic carbocycles. The van der Waals surface area contributed by atoms with Crippen molar-refractivity contribution in [2.75, 3.05) is 26.0 Å². The van der Waals surface area contributed by atoms with Crippen molar-refractivity contribution in [2.45, 2.75) is 25.5 Å². The number of pyridine rings is 1. The molecule has 3 rings (SSSR count). The van der Waals surface area contributed by atoms with E-state index in [4.69, 9.17) is 9.47 Å². The first-order chi connectivity index (χ1) is 19.1. The van der Waals surface area contributed by atoms with E-state index in [9.17, 15) is 17.6 Å². The van der Waals surface area contributed by atoms with E-state index in [1.807, 2.05) is 0 Å². The van der Waals surface area contributed by atoms with Gasteiger partial charge in [-0.3, -0.25) is 14.1 Å². The number of hydrogen-bond donors (Lipinski definition) is 2. The maximum Gasteiger partial charge on any atom is 0.269 e. The molecule has 212 valence electrons. The van der Waals surface area contributed by atoms with Crippen molar-refractivity contribution in [1.82, 2.24) is 25.1 Å². The fourth-order valence-corrected chi connectivity index (χ4v) is 4.47. The third kappa shape index (κ3) is 6.66. The molecule has 2 aromatic heterocycles. The zero-order valence-corrected chi connectivity index (χ0v) is 23.4. The highest BCUT2D eigenvalue weighted by Gasteiger charge is 2.29. The predicted octanol–water partition coefficient (Wildman–Crippen LogP) is 3.16. The molecule has 0 aliphatic carbocycles. The van der Waals surface area contributed by atoms with Gasteiger partial charge in [-0.05, 0) is 44.8 Å². The van der Waals surface area contributed by atoms with E-state index >= 15 is 0 Å². The number of aliphatic imine (C=N–C) groups is 2. The lowest BCUT2D eigenvalue weighted by atomic mass is 10.2. The van der Waals surface area contributed by atoms with Gasteiger partial charge in [-0.25, -0.2) is 27.8 Å². The van der Waals surface area contributed by atoms with Gasteiger partial charge < -0.3 is 14.8 Å². The Balaban J connectivity index is 2.18. The topological polar surface area (TPSA) is 162 Å².